The molecule has 0 saturated carbocycles. The summed E-state index contributed by atoms with van der Waals surface area (Å²) in [7, 11) is 0. The Morgan fingerprint density at radius 1 is 1.05 bits per heavy atom. The highest BCUT2D eigenvalue weighted by Gasteiger charge is 2.04. The molecule has 0 bridgehead atoms. The van der Waals surface area contributed by atoms with Crippen LogP contribution in [0.1, 0.15) is 46.8 Å². The summed E-state index contributed by atoms with van der Waals surface area (Å²) in [5.74, 6) is 1.46. The second kappa shape index (κ2) is 7.32. The summed E-state index contributed by atoms with van der Waals surface area (Å²) in [5, 5.41) is 8.98. The molecule has 2 aromatic rings. The van der Waals surface area contributed by atoms with Crippen molar-refractivity contribution >= 4 is 17.7 Å². The second-order valence-corrected chi connectivity index (χ2v) is 6.38. The van der Waals surface area contributed by atoms with Gasteiger partial charge < -0.3 is 5.11 Å². The molecule has 1 N–H and O–H groups in total. The van der Waals surface area contributed by atoms with Crippen molar-refractivity contribution in [1.82, 2.24) is 0 Å². The quantitative estimate of drug-likeness (QED) is 0.821. The molecule has 0 saturated heterocycles. The number of carbonyl (C=O) groups is 1. The number of rotatable bonds is 6. The van der Waals surface area contributed by atoms with E-state index in [1.807, 2.05) is 6.07 Å². The van der Waals surface area contributed by atoms with Gasteiger partial charge in [-0.1, -0.05) is 50.2 Å². The number of hydrogen-bond acceptors (Lipinski definition) is 2. The Balaban J connectivity index is 1.89. The second-order valence-electron chi connectivity index (χ2n) is 5.39. The third-order valence-electron chi connectivity index (χ3n) is 3.36. The highest BCUT2D eigenvalue weighted by atomic mass is 32.2. The smallest absolute Gasteiger partial charge is 0.335 e. The number of carboxylic acids is 1. The van der Waals surface area contributed by atoms with E-state index in [4.69, 9.17) is 5.11 Å². The van der Waals surface area contributed by atoms with Gasteiger partial charge in [-0.2, -0.15) is 11.8 Å². The lowest BCUT2D eigenvalue weighted by atomic mass is 10.0. The molecule has 0 amide bonds. The molecule has 0 unspecified atom stereocenters. The molecule has 3 heteroatoms. The van der Waals surface area contributed by atoms with Gasteiger partial charge in [0.1, 0.15) is 0 Å². The van der Waals surface area contributed by atoms with Crippen molar-refractivity contribution in [3.05, 3.63) is 70.8 Å². The van der Waals surface area contributed by atoms with Crippen molar-refractivity contribution in [3.63, 3.8) is 0 Å². The molecule has 0 aromatic heterocycles. The Kier molecular flexibility index (Phi) is 5.45. The molecule has 2 nitrogen and oxygen atoms in total. The third-order valence-corrected chi connectivity index (χ3v) is 4.43. The van der Waals surface area contributed by atoms with Crippen LogP contribution in [0.25, 0.3) is 0 Å². The summed E-state index contributed by atoms with van der Waals surface area (Å²) >= 11 is 1.80. The van der Waals surface area contributed by atoms with Crippen LogP contribution in [0.5, 0.6) is 0 Å². The summed E-state index contributed by atoms with van der Waals surface area (Å²) < 4.78 is 0. The molecule has 0 radical (unpaired) electrons. The van der Waals surface area contributed by atoms with Crippen molar-refractivity contribution in [2.24, 2.45) is 0 Å². The minimum atomic E-state index is -0.869. The molecule has 0 spiro atoms. The third kappa shape index (κ3) is 4.64. The average Bonchev–Trinajstić information content (AvgIpc) is 2.48. The summed E-state index contributed by atoms with van der Waals surface area (Å²) in [6, 6.07) is 15.9. The lowest BCUT2D eigenvalue weighted by molar-refractivity contribution is 0.0697. The molecule has 110 valence electrons. The van der Waals surface area contributed by atoms with Crippen LogP contribution >= 0.6 is 11.8 Å². The Morgan fingerprint density at radius 2 is 1.71 bits per heavy atom. The number of hydrogen-bond donors (Lipinski definition) is 1. The normalized spacial score (nSPS) is 10.8. The molecule has 0 fully saturated rings. The van der Waals surface area contributed by atoms with E-state index < -0.39 is 5.97 Å². The van der Waals surface area contributed by atoms with Gasteiger partial charge in [0, 0.05) is 11.5 Å². The van der Waals surface area contributed by atoms with Crippen LogP contribution in [0, 0.1) is 0 Å². The molecule has 0 atom stereocenters. The SMILES string of the molecule is CC(C)c1ccc(CSCc2cccc(C(=O)O)c2)cc1. The fraction of sp³-hybridized carbons (Fsp3) is 0.278. The fourth-order valence-electron chi connectivity index (χ4n) is 2.08. The predicted octanol–water partition coefficient (Wildman–Crippen LogP) is 4.94. The van der Waals surface area contributed by atoms with Crippen molar-refractivity contribution in [2.75, 3.05) is 0 Å². The van der Waals surface area contributed by atoms with Crippen LogP contribution in [-0.2, 0) is 11.5 Å². The van der Waals surface area contributed by atoms with Gasteiger partial charge in [0.05, 0.1) is 5.56 Å². The van der Waals surface area contributed by atoms with E-state index in [1.165, 1.54) is 11.1 Å². The van der Waals surface area contributed by atoms with Crippen molar-refractivity contribution in [3.8, 4) is 0 Å². The van der Waals surface area contributed by atoms with Crippen LogP contribution in [-0.4, -0.2) is 11.1 Å². The molecular formula is C18H20O2S. The van der Waals surface area contributed by atoms with Crippen molar-refractivity contribution in [1.29, 1.82) is 0 Å². The van der Waals surface area contributed by atoms with Gasteiger partial charge in [0.2, 0.25) is 0 Å². The van der Waals surface area contributed by atoms with E-state index in [-0.39, 0.29) is 0 Å². The van der Waals surface area contributed by atoms with Crippen molar-refractivity contribution < 1.29 is 9.90 Å². The van der Waals surface area contributed by atoms with Gasteiger partial charge >= 0.3 is 5.97 Å². The van der Waals surface area contributed by atoms with E-state index in [2.05, 4.69) is 38.1 Å². The van der Waals surface area contributed by atoms with Crippen molar-refractivity contribution in [2.45, 2.75) is 31.3 Å². The van der Waals surface area contributed by atoms with Gasteiger partial charge in [-0.25, -0.2) is 4.79 Å². The number of thioether (sulfide) groups is 1. The number of aromatic carboxylic acids is 1. The first kappa shape index (κ1) is 15.6. The van der Waals surface area contributed by atoms with Gasteiger partial charge in [-0.05, 0) is 34.7 Å². The Labute approximate surface area is 130 Å². The first-order valence-corrected chi connectivity index (χ1v) is 8.20. The molecular weight excluding hydrogens is 280 g/mol. The summed E-state index contributed by atoms with van der Waals surface area (Å²) in [6.45, 7) is 4.39. The lowest BCUT2D eigenvalue weighted by Crippen LogP contribution is -1.96. The topological polar surface area (TPSA) is 37.3 Å². The summed E-state index contributed by atoms with van der Waals surface area (Å²) in [4.78, 5) is 10.9. The Morgan fingerprint density at radius 3 is 2.33 bits per heavy atom. The largest absolute Gasteiger partial charge is 0.478 e. The molecule has 0 heterocycles. The number of carboxylic acid groups (broad SMARTS) is 1. The van der Waals surface area contributed by atoms with E-state index in [9.17, 15) is 4.79 Å². The first-order chi connectivity index (χ1) is 10.1. The zero-order chi connectivity index (χ0) is 15.2. The monoisotopic (exact) mass is 300 g/mol. The maximum absolute atomic E-state index is 10.9. The van der Waals surface area contributed by atoms with Crippen LogP contribution in [0.2, 0.25) is 0 Å². The van der Waals surface area contributed by atoms with Gasteiger partial charge in [0.25, 0.3) is 0 Å². The van der Waals surface area contributed by atoms with E-state index in [0.717, 1.165) is 17.1 Å². The van der Waals surface area contributed by atoms with E-state index >= 15 is 0 Å². The Hall–Kier alpha value is -1.74. The van der Waals surface area contributed by atoms with Crippen LogP contribution < -0.4 is 0 Å². The van der Waals surface area contributed by atoms with Gasteiger partial charge in [-0.3, -0.25) is 0 Å². The lowest BCUT2D eigenvalue weighted by Gasteiger charge is -2.07. The molecule has 0 aliphatic heterocycles. The number of benzene rings is 2. The fourth-order valence-corrected chi connectivity index (χ4v) is 3.03. The van der Waals surface area contributed by atoms with Crippen LogP contribution in [0.4, 0.5) is 0 Å². The van der Waals surface area contributed by atoms with Crippen LogP contribution in [0.15, 0.2) is 48.5 Å². The average molecular weight is 300 g/mol. The standard InChI is InChI=1S/C18H20O2S/c1-13(2)16-8-6-14(7-9-16)11-21-12-15-4-3-5-17(10-15)18(19)20/h3-10,13H,11-12H2,1-2H3,(H,19,20). The van der Waals surface area contributed by atoms with Gasteiger partial charge in [-0.15, -0.1) is 0 Å². The highest BCUT2D eigenvalue weighted by Crippen LogP contribution is 2.21. The zero-order valence-corrected chi connectivity index (χ0v) is 13.2. The van der Waals surface area contributed by atoms with Gasteiger partial charge in [0.15, 0.2) is 0 Å². The molecule has 0 aliphatic carbocycles. The molecule has 0 aliphatic rings. The predicted molar refractivity (Wildman–Crippen MR) is 88.9 cm³/mol. The molecule has 21 heavy (non-hydrogen) atoms. The molecule has 2 aromatic carbocycles. The maximum Gasteiger partial charge on any atom is 0.335 e. The molecule has 2 rings (SSSR count). The van der Waals surface area contributed by atoms with E-state index in [1.54, 1.807) is 30.0 Å². The highest BCUT2D eigenvalue weighted by molar-refractivity contribution is 7.97. The maximum atomic E-state index is 10.9. The minimum Gasteiger partial charge on any atom is -0.478 e. The summed E-state index contributed by atoms with van der Waals surface area (Å²) in [6.07, 6.45) is 0. The minimum absolute atomic E-state index is 0.356. The van der Waals surface area contributed by atoms with E-state index in [0.29, 0.717) is 11.5 Å². The zero-order valence-electron chi connectivity index (χ0n) is 12.4. The summed E-state index contributed by atoms with van der Waals surface area (Å²) in [5.41, 5.74) is 4.07. The first-order valence-electron chi connectivity index (χ1n) is 7.05. The van der Waals surface area contributed by atoms with Crippen LogP contribution in [0.3, 0.4) is 0 Å². The Bertz CT molecular complexity index is 603.